The molecule has 0 saturated heterocycles. The van der Waals surface area contributed by atoms with Crippen molar-refractivity contribution in [3.63, 3.8) is 0 Å². The minimum Gasteiger partial charge on any atom is -0.299 e. The van der Waals surface area contributed by atoms with E-state index in [1.54, 1.807) is 0 Å². The van der Waals surface area contributed by atoms with Crippen LogP contribution in [0.5, 0.6) is 0 Å². The molecule has 0 radical (unpaired) electrons. The Hall–Kier alpha value is -0.590. The quantitative estimate of drug-likeness (QED) is 0.478. The Balaban J connectivity index is 1.54. The Bertz CT molecular complexity index is 616. The summed E-state index contributed by atoms with van der Waals surface area (Å²) in [7, 11) is 0. The first-order chi connectivity index (χ1) is 12.8. The first kappa shape index (κ1) is 19.7. The Morgan fingerprint density at radius 1 is 1.04 bits per heavy atom. The van der Waals surface area contributed by atoms with Crippen LogP contribution in [0, 0.1) is 46.3 Å². The highest BCUT2D eigenvalue weighted by atomic mass is 16.1. The summed E-state index contributed by atoms with van der Waals surface area (Å²) >= 11 is 0. The lowest BCUT2D eigenvalue weighted by atomic mass is 9.47. The highest BCUT2D eigenvalue weighted by Gasteiger charge is 2.59. The van der Waals surface area contributed by atoms with E-state index in [0.29, 0.717) is 16.6 Å². The second kappa shape index (κ2) is 7.03. The summed E-state index contributed by atoms with van der Waals surface area (Å²) < 4.78 is 0. The fourth-order valence-corrected chi connectivity index (χ4v) is 8.25. The summed E-state index contributed by atoms with van der Waals surface area (Å²) in [6.07, 6.45) is 15.1. The lowest BCUT2D eigenvalue weighted by Crippen LogP contribution is -2.50. The van der Waals surface area contributed by atoms with E-state index in [-0.39, 0.29) is 0 Å². The summed E-state index contributed by atoms with van der Waals surface area (Å²) in [6.45, 7) is 12.5. The molecule has 0 heterocycles. The van der Waals surface area contributed by atoms with Gasteiger partial charge in [-0.1, -0.05) is 59.1 Å². The molecule has 3 saturated carbocycles. The predicted molar refractivity (Wildman–Crippen MR) is 113 cm³/mol. The number of fused-ring (bicyclic) bond motifs is 5. The molecule has 3 fully saturated rings. The van der Waals surface area contributed by atoms with Gasteiger partial charge in [0.25, 0.3) is 0 Å². The minimum atomic E-state index is 0.333. The molecule has 0 spiro atoms. The van der Waals surface area contributed by atoms with Crippen LogP contribution >= 0.6 is 0 Å². The van der Waals surface area contributed by atoms with Gasteiger partial charge in [-0.05, 0) is 84.9 Å². The van der Waals surface area contributed by atoms with Crippen molar-refractivity contribution in [2.24, 2.45) is 46.3 Å². The van der Waals surface area contributed by atoms with Gasteiger partial charge in [-0.2, -0.15) is 0 Å². The largest absolute Gasteiger partial charge is 0.299 e. The Morgan fingerprint density at radius 3 is 2.56 bits per heavy atom. The number of rotatable bonds is 4. The number of hydrogen-bond acceptors (Lipinski definition) is 1. The molecule has 2 unspecified atom stereocenters. The van der Waals surface area contributed by atoms with Crippen molar-refractivity contribution in [1.82, 2.24) is 0 Å². The van der Waals surface area contributed by atoms with E-state index < -0.39 is 0 Å². The smallest absolute Gasteiger partial charge is 0.136 e. The van der Waals surface area contributed by atoms with E-state index in [2.05, 4.69) is 40.7 Å². The first-order valence-corrected chi connectivity index (χ1v) is 12.0. The van der Waals surface area contributed by atoms with Crippen LogP contribution in [-0.2, 0) is 4.79 Å². The van der Waals surface area contributed by atoms with Crippen LogP contribution in [0.25, 0.3) is 0 Å². The van der Waals surface area contributed by atoms with Crippen molar-refractivity contribution in [3.05, 3.63) is 11.6 Å². The molecule has 4 rings (SSSR count). The molecule has 0 amide bonds. The zero-order chi connectivity index (χ0) is 19.4. The fraction of sp³-hybridized carbons (Fsp3) is 0.885. The maximum Gasteiger partial charge on any atom is 0.136 e. The Kier molecular flexibility index (Phi) is 5.13. The lowest BCUT2D eigenvalue weighted by molar-refractivity contribution is -0.122. The number of ketones is 1. The third-order valence-electron chi connectivity index (χ3n) is 9.90. The van der Waals surface area contributed by atoms with Crippen molar-refractivity contribution < 1.29 is 4.79 Å². The topological polar surface area (TPSA) is 17.1 Å². The molecule has 0 bridgehead atoms. The van der Waals surface area contributed by atoms with Gasteiger partial charge in [0.1, 0.15) is 5.78 Å². The number of hydrogen-bond donors (Lipinski definition) is 0. The standard InChI is InChI=1S/C26H42O/c1-17(2)6-7-18(3)22-10-11-23-21-9-8-19-16-20(27)12-14-25(19,4)24(21)13-15-26(22,23)5/h8,17-18,21-24H,6-7,9-16H2,1-5H3/t18-,21?,22-,23?,24+,25+,26-/m1/s1. The predicted octanol–water partition coefficient (Wildman–Crippen LogP) is 7.21. The Morgan fingerprint density at radius 2 is 1.81 bits per heavy atom. The third kappa shape index (κ3) is 3.16. The zero-order valence-electron chi connectivity index (χ0n) is 18.5. The van der Waals surface area contributed by atoms with Crippen molar-refractivity contribution >= 4 is 5.78 Å². The molecule has 0 N–H and O–H groups in total. The zero-order valence-corrected chi connectivity index (χ0v) is 18.5. The van der Waals surface area contributed by atoms with Crippen LogP contribution in [0.15, 0.2) is 11.6 Å². The second-order valence-corrected chi connectivity index (χ2v) is 11.7. The van der Waals surface area contributed by atoms with Gasteiger partial charge in [-0.25, -0.2) is 0 Å². The van der Waals surface area contributed by atoms with Gasteiger partial charge in [0, 0.05) is 12.8 Å². The number of carbonyl (C=O) groups excluding carboxylic acids is 1. The lowest BCUT2D eigenvalue weighted by Gasteiger charge is -2.58. The number of allylic oxidation sites excluding steroid dienone is 2. The molecule has 0 aromatic heterocycles. The number of carbonyl (C=O) groups is 1. The van der Waals surface area contributed by atoms with Crippen molar-refractivity contribution in [2.45, 2.75) is 98.8 Å². The molecular weight excluding hydrogens is 328 g/mol. The molecule has 0 aromatic carbocycles. The summed E-state index contributed by atoms with van der Waals surface area (Å²) in [5.74, 6) is 5.79. The van der Waals surface area contributed by atoms with Crippen LogP contribution in [0.3, 0.4) is 0 Å². The van der Waals surface area contributed by atoms with Crippen LogP contribution in [0.1, 0.15) is 98.8 Å². The van der Waals surface area contributed by atoms with Gasteiger partial charge in [0.2, 0.25) is 0 Å². The molecule has 4 aliphatic carbocycles. The average Bonchev–Trinajstić information content (AvgIpc) is 2.97. The number of Topliss-reactive ketones (excluding diaryl/α,β-unsaturated/α-hetero) is 1. The molecule has 0 aromatic rings. The van der Waals surface area contributed by atoms with Gasteiger partial charge in [0.15, 0.2) is 0 Å². The highest BCUT2D eigenvalue weighted by Crippen LogP contribution is 2.67. The van der Waals surface area contributed by atoms with Gasteiger partial charge in [-0.15, -0.1) is 0 Å². The van der Waals surface area contributed by atoms with E-state index in [1.165, 1.54) is 50.5 Å². The van der Waals surface area contributed by atoms with Crippen LogP contribution in [-0.4, -0.2) is 5.78 Å². The SMILES string of the molecule is CC(C)CC[C@@H](C)[C@H]1CCC2C3CC=C4CC(=O)CC[C@]4(C)[C@H]3CC[C@@]21C. The molecule has 1 nitrogen and oxygen atoms in total. The van der Waals surface area contributed by atoms with Gasteiger partial charge >= 0.3 is 0 Å². The van der Waals surface area contributed by atoms with Crippen LogP contribution < -0.4 is 0 Å². The average molecular weight is 371 g/mol. The summed E-state index contributed by atoms with van der Waals surface area (Å²) in [5.41, 5.74) is 2.42. The molecular formula is C26H42O. The van der Waals surface area contributed by atoms with Gasteiger partial charge < -0.3 is 0 Å². The summed E-state index contributed by atoms with van der Waals surface area (Å²) in [5, 5.41) is 0. The monoisotopic (exact) mass is 370 g/mol. The molecule has 4 aliphatic rings. The van der Waals surface area contributed by atoms with E-state index >= 15 is 0 Å². The highest BCUT2D eigenvalue weighted by molar-refractivity contribution is 5.82. The van der Waals surface area contributed by atoms with E-state index in [0.717, 1.165) is 54.8 Å². The summed E-state index contributed by atoms with van der Waals surface area (Å²) in [4.78, 5) is 12.0. The summed E-state index contributed by atoms with van der Waals surface area (Å²) in [6, 6.07) is 0. The van der Waals surface area contributed by atoms with Gasteiger partial charge in [0.05, 0.1) is 0 Å². The normalized spacial score (nSPS) is 45.1. The van der Waals surface area contributed by atoms with Crippen molar-refractivity contribution in [1.29, 1.82) is 0 Å². The molecule has 1 heteroatoms. The van der Waals surface area contributed by atoms with Crippen LogP contribution in [0.2, 0.25) is 0 Å². The van der Waals surface area contributed by atoms with Crippen molar-refractivity contribution in [3.8, 4) is 0 Å². The molecule has 0 aliphatic heterocycles. The van der Waals surface area contributed by atoms with Crippen molar-refractivity contribution in [2.75, 3.05) is 0 Å². The first-order valence-electron chi connectivity index (χ1n) is 12.0. The van der Waals surface area contributed by atoms with Gasteiger partial charge in [-0.3, -0.25) is 4.79 Å². The molecule has 7 atom stereocenters. The Labute approximate surface area is 167 Å². The van der Waals surface area contributed by atoms with E-state index in [9.17, 15) is 4.79 Å². The fourth-order valence-electron chi connectivity index (χ4n) is 8.25. The second-order valence-electron chi connectivity index (χ2n) is 11.7. The third-order valence-corrected chi connectivity index (χ3v) is 9.90. The van der Waals surface area contributed by atoms with E-state index in [4.69, 9.17) is 0 Å². The maximum atomic E-state index is 12.0. The molecule has 27 heavy (non-hydrogen) atoms. The van der Waals surface area contributed by atoms with E-state index in [1.807, 2.05) is 0 Å². The van der Waals surface area contributed by atoms with Crippen LogP contribution in [0.4, 0.5) is 0 Å². The minimum absolute atomic E-state index is 0.333. The maximum absolute atomic E-state index is 12.0. The molecule has 152 valence electrons.